The molecule has 0 atom stereocenters. The minimum atomic E-state index is -3.74. The number of benzene rings is 2. The Morgan fingerprint density at radius 1 is 0.897 bits per heavy atom. The van der Waals surface area contributed by atoms with Crippen molar-refractivity contribution in [2.45, 2.75) is 32.6 Å². The smallest absolute Gasteiger partial charge is 0.262 e. The summed E-state index contributed by atoms with van der Waals surface area (Å²) < 4.78 is 31.2. The quantitative estimate of drug-likeness (QED) is 0.518. The maximum atomic E-state index is 13.2. The van der Waals surface area contributed by atoms with Crippen LogP contribution in [0, 0.1) is 27.7 Å². The molecule has 4 aromatic rings. The summed E-state index contributed by atoms with van der Waals surface area (Å²) in [5.41, 5.74) is 6.38. The van der Waals surface area contributed by atoms with Crippen molar-refractivity contribution in [3.63, 3.8) is 0 Å². The third kappa shape index (κ3) is 3.51. The molecular weight excluding hydrogens is 382 g/mol. The second-order valence-corrected chi connectivity index (χ2v) is 9.05. The molecule has 0 aliphatic carbocycles. The molecule has 0 bridgehead atoms. The molecule has 0 saturated heterocycles. The summed E-state index contributed by atoms with van der Waals surface area (Å²) in [5, 5.41) is 0. The van der Waals surface area contributed by atoms with Crippen LogP contribution >= 0.6 is 0 Å². The lowest BCUT2D eigenvalue weighted by Crippen LogP contribution is -2.16. The predicted octanol–water partition coefficient (Wildman–Crippen LogP) is 5.04. The van der Waals surface area contributed by atoms with E-state index in [0.717, 1.165) is 39.2 Å². The number of rotatable bonds is 4. The zero-order valence-corrected chi connectivity index (χ0v) is 17.7. The number of aryl methyl sites for hydroxylation is 4. The van der Waals surface area contributed by atoms with E-state index >= 15 is 0 Å². The largest absolute Gasteiger partial charge is 0.306 e. The van der Waals surface area contributed by atoms with Gasteiger partial charge in [-0.3, -0.25) is 4.72 Å². The number of aromatic nitrogens is 2. The van der Waals surface area contributed by atoms with Gasteiger partial charge < -0.3 is 4.40 Å². The van der Waals surface area contributed by atoms with Gasteiger partial charge in [0.15, 0.2) is 0 Å². The number of hydrogen-bond acceptors (Lipinski definition) is 3. The first-order valence-corrected chi connectivity index (χ1v) is 10.9. The molecular formula is C23H23N3O2S. The van der Waals surface area contributed by atoms with E-state index in [1.807, 2.05) is 87.0 Å². The SMILES string of the molecule is Cc1cc(C)c(S(=O)(=O)Nc2ccccc2-c2cn3cccc(C)c3n2)c(C)c1. The molecule has 0 spiro atoms. The third-order valence-electron chi connectivity index (χ3n) is 5.00. The molecule has 0 aliphatic rings. The Labute approximate surface area is 171 Å². The Morgan fingerprint density at radius 3 is 2.28 bits per heavy atom. The van der Waals surface area contributed by atoms with Crippen LogP contribution in [0.1, 0.15) is 22.3 Å². The van der Waals surface area contributed by atoms with Gasteiger partial charge in [-0.05, 0) is 56.5 Å². The Balaban J connectivity index is 1.80. The molecule has 0 radical (unpaired) electrons. The van der Waals surface area contributed by atoms with E-state index < -0.39 is 10.0 Å². The summed E-state index contributed by atoms with van der Waals surface area (Å²) in [6.07, 6.45) is 3.85. The van der Waals surface area contributed by atoms with E-state index in [-0.39, 0.29) is 0 Å². The van der Waals surface area contributed by atoms with Crippen molar-refractivity contribution in [3.05, 3.63) is 83.2 Å². The first kappa shape index (κ1) is 19.2. The van der Waals surface area contributed by atoms with Gasteiger partial charge in [0, 0.05) is 18.0 Å². The number of imidazole rings is 1. The molecule has 2 aromatic heterocycles. The molecule has 2 heterocycles. The van der Waals surface area contributed by atoms with E-state index in [1.54, 1.807) is 6.07 Å². The fourth-order valence-corrected chi connectivity index (χ4v) is 5.40. The summed E-state index contributed by atoms with van der Waals surface area (Å²) >= 11 is 0. The van der Waals surface area contributed by atoms with Gasteiger partial charge in [-0.2, -0.15) is 0 Å². The Kier molecular flexibility index (Phi) is 4.67. The lowest BCUT2D eigenvalue weighted by atomic mass is 10.1. The minimum Gasteiger partial charge on any atom is -0.306 e. The van der Waals surface area contributed by atoms with Crippen LogP contribution in [0.5, 0.6) is 0 Å². The zero-order chi connectivity index (χ0) is 20.8. The Bertz CT molecular complexity index is 1310. The standard InChI is InChI=1S/C23H23N3O2S/c1-15-12-17(3)22(18(4)13-15)29(27,28)25-20-10-6-5-9-19(20)21-14-26-11-7-8-16(2)23(26)24-21/h5-14,25H,1-4H3. The van der Waals surface area contributed by atoms with Crippen molar-refractivity contribution in [3.8, 4) is 11.3 Å². The van der Waals surface area contributed by atoms with Gasteiger partial charge >= 0.3 is 0 Å². The molecule has 0 saturated carbocycles. The molecule has 2 aromatic carbocycles. The maximum absolute atomic E-state index is 13.2. The van der Waals surface area contributed by atoms with E-state index in [2.05, 4.69) is 4.72 Å². The average molecular weight is 406 g/mol. The average Bonchev–Trinajstić information content (AvgIpc) is 3.06. The highest BCUT2D eigenvalue weighted by Gasteiger charge is 2.22. The lowest BCUT2D eigenvalue weighted by molar-refractivity contribution is 0.600. The van der Waals surface area contributed by atoms with Gasteiger partial charge in [0.25, 0.3) is 10.0 Å². The number of sulfonamides is 1. The zero-order valence-electron chi connectivity index (χ0n) is 16.9. The molecule has 0 fully saturated rings. The normalized spacial score (nSPS) is 11.7. The minimum absolute atomic E-state index is 0.323. The van der Waals surface area contributed by atoms with Crippen molar-refractivity contribution >= 4 is 21.4 Å². The molecule has 0 aliphatic heterocycles. The molecule has 6 heteroatoms. The fourth-order valence-electron chi connectivity index (χ4n) is 3.87. The summed E-state index contributed by atoms with van der Waals surface area (Å²) in [6.45, 7) is 7.62. The van der Waals surface area contributed by atoms with Crippen molar-refractivity contribution in [1.82, 2.24) is 9.38 Å². The maximum Gasteiger partial charge on any atom is 0.262 e. The van der Waals surface area contributed by atoms with Gasteiger partial charge in [-0.25, -0.2) is 13.4 Å². The van der Waals surface area contributed by atoms with Crippen LogP contribution < -0.4 is 4.72 Å². The number of pyridine rings is 1. The molecule has 1 N–H and O–H groups in total. The van der Waals surface area contributed by atoms with Crippen LogP contribution in [0.25, 0.3) is 16.9 Å². The number of hydrogen-bond donors (Lipinski definition) is 1. The third-order valence-corrected chi connectivity index (χ3v) is 6.67. The highest BCUT2D eigenvalue weighted by atomic mass is 32.2. The molecule has 29 heavy (non-hydrogen) atoms. The van der Waals surface area contributed by atoms with Crippen molar-refractivity contribution in [1.29, 1.82) is 0 Å². The summed E-state index contributed by atoms with van der Waals surface area (Å²) in [6, 6.07) is 15.1. The number of nitrogens with one attached hydrogen (secondary N) is 1. The van der Waals surface area contributed by atoms with Gasteiger partial charge in [0.1, 0.15) is 5.65 Å². The Morgan fingerprint density at radius 2 is 1.59 bits per heavy atom. The predicted molar refractivity (Wildman–Crippen MR) is 117 cm³/mol. The van der Waals surface area contributed by atoms with Crippen molar-refractivity contribution < 1.29 is 8.42 Å². The second kappa shape index (κ2) is 7.04. The van der Waals surface area contributed by atoms with Gasteiger partial charge in [0.05, 0.1) is 16.3 Å². The molecule has 0 amide bonds. The van der Waals surface area contributed by atoms with Gasteiger partial charge in [-0.15, -0.1) is 0 Å². The first-order chi connectivity index (χ1) is 13.8. The summed E-state index contributed by atoms with van der Waals surface area (Å²) in [5.74, 6) is 0. The van der Waals surface area contributed by atoms with Crippen molar-refractivity contribution in [2.75, 3.05) is 4.72 Å². The van der Waals surface area contributed by atoms with Gasteiger partial charge in [-0.1, -0.05) is 42.0 Å². The van der Waals surface area contributed by atoms with E-state index in [0.29, 0.717) is 10.6 Å². The van der Waals surface area contributed by atoms with Crippen molar-refractivity contribution in [2.24, 2.45) is 0 Å². The highest BCUT2D eigenvalue weighted by molar-refractivity contribution is 7.92. The number of nitrogens with zero attached hydrogens (tertiary/aromatic N) is 2. The van der Waals surface area contributed by atoms with E-state index in [9.17, 15) is 8.42 Å². The van der Waals surface area contributed by atoms with Crippen LogP contribution in [0.2, 0.25) is 0 Å². The Hall–Kier alpha value is -3.12. The van der Waals surface area contributed by atoms with Crippen LogP contribution in [0.4, 0.5) is 5.69 Å². The highest BCUT2D eigenvalue weighted by Crippen LogP contribution is 2.31. The molecule has 4 rings (SSSR count). The second-order valence-electron chi connectivity index (χ2n) is 7.43. The van der Waals surface area contributed by atoms with Gasteiger partial charge in [0.2, 0.25) is 0 Å². The van der Waals surface area contributed by atoms with Crippen LogP contribution in [-0.2, 0) is 10.0 Å². The molecule has 5 nitrogen and oxygen atoms in total. The lowest BCUT2D eigenvalue weighted by Gasteiger charge is -2.15. The number of anilines is 1. The topological polar surface area (TPSA) is 63.5 Å². The molecule has 148 valence electrons. The van der Waals surface area contributed by atoms with E-state index in [1.165, 1.54) is 0 Å². The van der Waals surface area contributed by atoms with Crippen LogP contribution in [0.15, 0.2) is 65.8 Å². The van der Waals surface area contributed by atoms with E-state index in [4.69, 9.17) is 4.98 Å². The number of para-hydroxylation sites is 1. The summed E-state index contributed by atoms with van der Waals surface area (Å²) in [7, 11) is -3.74. The van der Waals surface area contributed by atoms with Crippen LogP contribution in [-0.4, -0.2) is 17.8 Å². The summed E-state index contributed by atoms with van der Waals surface area (Å²) in [4.78, 5) is 5.04. The fraction of sp³-hybridized carbons (Fsp3) is 0.174. The molecule has 0 unspecified atom stereocenters. The monoisotopic (exact) mass is 405 g/mol. The number of fused-ring (bicyclic) bond motifs is 1. The van der Waals surface area contributed by atoms with Crippen LogP contribution in [0.3, 0.4) is 0 Å². The first-order valence-electron chi connectivity index (χ1n) is 9.40.